The van der Waals surface area contributed by atoms with Gasteiger partial charge in [0.05, 0.1) is 0 Å². The molecule has 0 N–H and O–H groups in total. The lowest BCUT2D eigenvalue weighted by molar-refractivity contribution is 0.668. The van der Waals surface area contributed by atoms with Gasteiger partial charge in [-0.05, 0) is 92.0 Å². The number of aromatic nitrogens is 1. The lowest BCUT2D eigenvalue weighted by Gasteiger charge is -2.25. The van der Waals surface area contributed by atoms with E-state index in [0.717, 1.165) is 39.3 Å². The number of anilines is 3. The highest BCUT2D eigenvalue weighted by atomic mass is 16.3. The summed E-state index contributed by atoms with van der Waals surface area (Å²) >= 11 is 0. The second kappa shape index (κ2) is 9.82. The summed E-state index contributed by atoms with van der Waals surface area (Å²) in [7, 11) is 0. The molecular formula is C41H26N2O. The highest BCUT2D eigenvalue weighted by Gasteiger charge is 2.18. The Morgan fingerprint density at radius 3 is 1.89 bits per heavy atom. The molecule has 3 heteroatoms. The largest absolute Gasteiger partial charge is 0.454 e. The van der Waals surface area contributed by atoms with Crippen LogP contribution in [0.4, 0.5) is 17.2 Å². The summed E-state index contributed by atoms with van der Waals surface area (Å²) in [6, 6.07) is 55.7. The third-order valence-electron chi connectivity index (χ3n) is 8.65. The van der Waals surface area contributed by atoms with E-state index >= 15 is 0 Å². The topological polar surface area (TPSA) is 29.3 Å². The van der Waals surface area contributed by atoms with Crippen LogP contribution in [0.25, 0.3) is 65.5 Å². The maximum absolute atomic E-state index is 6.11. The van der Waals surface area contributed by atoms with Crippen LogP contribution in [0.2, 0.25) is 0 Å². The van der Waals surface area contributed by atoms with E-state index in [9.17, 15) is 0 Å². The number of rotatable bonds is 4. The third-order valence-corrected chi connectivity index (χ3v) is 8.65. The Labute approximate surface area is 254 Å². The average Bonchev–Trinajstić information content (AvgIpc) is 3.47. The monoisotopic (exact) mass is 562 g/mol. The van der Waals surface area contributed by atoms with E-state index in [1.807, 2.05) is 36.4 Å². The van der Waals surface area contributed by atoms with Gasteiger partial charge in [-0.1, -0.05) is 109 Å². The molecule has 9 aromatic rings. The van der Waals surface area contributed by atoms with E-state index in [1.54, 1.807) is 0 Å². The van der Waals surface area contributed by atoms with Crippen LogP contribution in [0.3, 0.4) is 0 Å². The van der Waals surface area contributed by atoms with Crippen molar-refractivity contribution in [3.05, 3.63) is 158 Å². The Morgan fingerprint density at radius 2 is 1.05 bits per heavy atom. The zero-order chi connectivity index (χ0) is 29.0. The lowest BCUT2D eigenvalue weighted by Crippen LogP contribution is -2.11. The minimum Gasteiger partial charge on any atom is -0.454 e. The maximum atomic E-state index is 6.11. The van der Waals surface area contributed by atoms with Gasteiger partial charge in [0, 0.05) is 16.8 Å². The van der Waals surface area contributed by atoms with Gasteiger partial charge in [-0.2, -0.15) is 0 Å². The number of fused-ring (bicyclic) bond motifs is 8. The summed E-state index contributed by atoms with van der Waals surface area (Å²) in [4.78, 5) is 7.43. The van der Waals surface area contributed by atoms with Crippen LogP contribution < -0.4 is 4.90 Å². The molecule has 0 amide bonds. The van der Waals surface area contributed by atoms with E-state index in [4.69, 9.17) is 9.40 Å². The first-order valence-electron chi connectivity index (χ1n) is 14.9. The zero-order valence-corrected chi connectivity index (χ0v) is 23.8. The maximum Gasteiger partial charge on any atom is 0.154 e. The van der Waals surface area contributed by atoms with Gasteiger partial charge in [-0.3, -0.25) is 4.90 Å². The molecule has 0 radical (unpaired) electrons. The summed E-state index contributed by atoms with van der Waals surface area (Å²) in [5.41, 5.74) is 6.95. The van der Waals surface area contributed by atoms with Crippen molar-refractivity contribution in [3.8, 4) is 11.1 Å². The van der Waals surface area contributed by atoms with Crippen LogP contribution in [0, 0.1) is 0 Å². The van der Waals surface area contributed by atoms with Crippen LogP contribution in [0.1, 0.15) is 0 Å². The molecule has 7 aromatic carbocycles. The molecule has 0 atom stereocenters. The minimum absolute atomic E-state index is 0.784. The molecule has 0 spiro atoms. The Hall–Kier alpha value is -5.93. The van der Waals surface area contributed by atoms with Crippen molar-refractivity contribution in [3.63, 3.8) is 0 Å². The Bertz CT molecular complexity index is 2490. The predicted octanol–water partition coefficient (Wildman–Crippen LogP) is 11.6. The van der Waals surface area contributed by atoms with Crippen molar-refractivity contribution in [2.45, 2.75) is 0 Å². The molecular weight excluding hydrogens is 536 g/mol. The van der Waals surface area contributed by atoms with Crippen molar-refractivity contribution < 1.29 is 4.42 Å². The zero-order valence-electron chi connectivity index (χ0n) is 23.8. The quantitative estimate of drug-likeness (QED) is 0.200. The number of furan rings is 1. The normalized spacial score (nSPS) is 11.6. The summed E-state index contributed by atoms with van der Waals surface area (Å²) in [5, 5.41) is 8.51. The van der Waals surface area contributed by atoms with Gasteiger partial charge in [0.25, 0.3) is 0 Å². The van der Waals surface area contributed by atoms with Gasteiger partial charge in [-0.25, -0.2) is 4.98 Å². The van der Waals surface area contributed by atoms with E-state index in [0.29, 0.717) is 0 Å². The molecule has 0 bridgehead atoms. The summed E-state index contributed by atoms with van der Waals surface area (Å²) in [6.07, 6.45) is 0. The second-order valence-electron chi connectivity index (χ2n) is 11.2. The van der Waals surface area contributed by atoms with Crippen molar-refractivity contribution in [2.75, 3.05) is 4.90 Å². The lowest BCUT2D eigenvalue weighted by atomic mass is 9.96. The Kier molecular flexibility index (Phi) is 5.50. The third kappa shape index (κ3) is 3.94. The second-order valence-corrected chi connectivity index (χ2v) is 11.2. The minimum atomic E-state index is 0.784. The van der Waals surface area contributed by atoms with Crippen molar-refractivity contribution in [2.24, 2.45) is 0 Å². The van der Waals surface area contributed by atoms with E-state index in [1.165, 1.54) is 43.4 Å². The SMILES string of the molecule is c1ccc(-c2ccc(N(c3ccc4c(ccc5c6ccccc6ccc45)c3)c3ccc4oc5ccccc5c4n3)cc2)cc1. The van der Waals surface area contributed by atoms with Gasteiger partial charge in [-0.15, -0.1) is 0 Å². The van der Waals surface area contributed by atoms with E-state index in [-0.39, 0.29) is 0 Å². The Balaban J connectivity index is 1.23. The first-order chi connectivity index (χ1) is 21.8. The summed E-state index contributed by atoms with van der Waals surface area (Å²) < 4.78 is 6.11. The van der Waals surface area contributed by atoms with Crippen LogP contribution >= 0.6 is 0 Å². The molecule has 0 fully saturated rings. The fourth-order valence-electron chi connectivity index (χ4n) is 6.51. The van der Waals surface area contributed by atoms with Crippen molar-refractivity contribution >= 4 is 71.6 Å². The van der Waals surface area contributed by atoms with Crippen LogP contribution in [-0.4, -0.2) is 4.98 Å². The predicted molar refractivity (Wildman–Crippen MR) is 184 cm³/mol. The Morgan fingerprint density at radius 1 is 0.409 bits per heavy atom. The number of para-hydroxylation sites is 1. The van der Waals surface area contributed by atoms with Gasteiger partial charge in [0.15, 0.2) is 5.58 Å². The average molecular weight is 563 g/mol. The highest BCUT2D eigenvalue weighted by Crippen LogP contribution is 2.40. The van der Waals surface area contributed by atoms with Crippen molar-refractivity contribution in [1.82, 2.24) is 4.98 Å². The van der Waals surface area contributed by atoms with Crippen LogP contribution in [-0.2, 0) is 0 Å². The first-order valence-corrected chi connectivity index (χ1v) is 14.9. The van der Waals surface area contributed by atoms with Crippen LogP contribution in [0.15, 0.2) is 162 Å². The smallest absolute Gasteiger partial charge is 0.154 e. The molecule has 3 nitrogen and oxygen atoms in total. The van der Waals surface area contributed by atoms with E-state index in [2.05, 4.69) is 126 Å². The molecule has 0 saturated carbocycles. The fraction of sp³-hybridized carbons (Fsp3) is 0. The summed E-state index contributed by atoms with van der Waals surface area (Å²) in [5.74, 6) is 0.836. The number of nitrogens with zero attached hydrogens (tertiary/aromatic N) is 2. The van der Waals surface area contributed by atoms with Gasteiger partial charge < -0.3 is 4.42 Å². The number of hydrogen-bond acceptors (Lipinski definition) is 3. The molecule has 206 valence electrons. The first kappa shape index (κ1) is 24.6. The summed E-state index contributed by atoms with van der Waals surface area (Å²) in [6.45, 7) is 0. The molecule has 0 aliphatic heterocycles. The van der Waals surface area contributed by atoms with Gasteiger partial charge >= 0.3 is 0 Å². The van der Waals surface area contributed by atoms with Gasteiger partial charge in [0.2, 0.25) is 0 Å². The van der Waals surface area contributed by atoms with Crippen LogP contribution in [0.5, 0.6) is 0 Å². The van der Waals surface area contributed by atoms with E-state index < -0.39 is 0 Å². The standard InChI is InChI=1S/C41H26N2O/c1-2-8-27(9-3-1)28-14-18-31(19-15-28)43(40-25-24-39-41(42-40)37-12-6-7-13-38(37)44-39)32-20-23-34-30(26-32)17-22-35-33-11-5-4-10-29(33)16-21-36(34)35/h1-26H. The van der Waals surface area contributed by atoms with Crippen molar-refractivity contribution in [1.29, 1.82) is 0 Å². The number of pyridine rings is 1. The molecule has 0 aliphatic rings. The molecule has 2 aromatic heterocycles. The highest BCUT2D eigenvalue weighted by molar-refractivity contribution is 6.17. The molecule has 0 saturated heterocycles. The number of hydrogen-bond donors (Lipinski definition) is 0. The molecule has 44 heavy (non-hydrogen) atoms. The molecule has 9 rings (SSSR count). The fourth-order valence-corrected chi connectivity index (χ4v) is 6.51. The molecule has 0 unspecified atom stereocenters. The molecule has 0 aliphatic carbocycles. The molecule has 2 heterocycles. The number of benzene rings is 7. The van der Waals surface area contributed by atoms with Gasteiger partial charge in [0.1, 0.15) is 16.9 Å².